The monoisotopic (exact) mass is 419 g/mol. The first kappa shape index (κ1) is 19.9. The summed E-state index contributed by atoms with van der Waals surface area (Å²) in [5, 5.41) is 2.78. The van der Waals surface area contributed by atoms with Crippen LogP contribution < -0.4 is 5.32 Å². The molecular weight excluding hydrogens is 398 g/mol. The molecule has 6 nitrogen and oxygen atoms in total. The molecule has 0 bridgehead atoms. The molecule has 2 aromatic rings. The molecule has 0 aliphatic heterocycles. The van der Waals surface area contributed by atoms with Crippen LogP contribution in [0, 0.1) is 0 Å². The number of carbonyl (C=O) groups excluding carboxylic acids is 2. The lowest BCUT2D eigenvalue weighted by Gasteiger charge is -2.22. The molecule has 2 amide bonds. The second kappa shape index (κ2) is 9.91. The van der Waals surface area contributed by atoms with Gasteiger partial charge < -0.3 is 10.1 Å². The number of nitrogens with zero attached hydrogens (tertiary/aromatic N) is 2. The first-order valence-electron chi connectivity index (χ1n) is 8.30. The van der Waals surface area contributed by atoms with E-state index in [9.17, 15) is 9.59 Å². The summed E-state index contributed by atoms with van der Waals surface area (Å²) in [5.41, 5.74) is 1.54. The van der Waals surface area contributed by atoms with E-state index in [1.165, 1.54) is 4.90 Å². The zero-order valence-corrected chi connectivity index (χ0v) is 16.4. The van der Waals surface area contributed by atoms with E-state index in [2.05, 4.69) is 26.2 Å². The topological polar surface area (TPSA) is 71.5 Å². The number of benzene rings is 1. The number of halogens is 1. The number of hydrogen-bond acceptors (Lipinski definition) is 4. The number of ether oxygens (including phenoxy) is 1. The predicted octanol–water partition coefficient (Wildman–Crippen LogP) is 3.51. The molecule has 1 N–H and O–H groups in total. The standard InChI is InChI=1S/C19H22BrN3O3/c1-14(2)21-18(24)12-23(11-16-9-6-10-17(20)22-16)19(25)26-13-15-7-4-3-5-8-15/h3-10,14H,11-13H2,1-2H3,(H,21,24). The van der Waals surface area contributed by atoms with Gasteiger partial charge >= 0.3 is 6.09 Å². The van der Waals surface area contributed by atoms with Gasteiger partial charge in [-0.3, -0.25) is 9.69 Å². The van der Waals surface area contributed by atoms with Gasteiger partial charge in [0.1, 0.15) is 17.8 Å². The summed E-state index contributed by atoms with van der Waals surface area (Å²) in [5.74, 6) is -0.244. The van der Waals surface area contributed by atoms with E-state index in [1.807, 2.05) is 50.2 Å². The van der Waals surface area contributed by atoms with E-state index < -0.39 is 6.09 Å². The lowest BCUT2D eigenvalue weighted by atomic mass is 10.2. The zero-order valence-electron chi connectivity index (χ0n) is 14.8. The molecule has 0 saturated heterocycles. The zero-order chi connectivity index (χ0) is 18.9. The van der Waals surface area contributed by atoms with Gasteiger partial charge in [0, 0.05) is 6.04 Å². The van der Waals surface area contributed by atoms with Crippen LogP contribution in [0.25, 0.3) is 0 Å². The Morgan fingerprint density at radius 3 is 2.54 bits per heavy atom. The molecular formula is C19H22BrN3O3. The Morgan fingerprint density at radius 2 is 1.88 bits per heavy atom. The normalized spacial score (nSPS) is 10.5. The fraction of sp³-hybridized carbons (Fsp3) is 0.316. The Labute approximate surface area is 161 Å². The fourth-order valence-corrected chi connectivity index (χ4v) is 2.65. The molecule has 26 heavy (non-hydrogen) atoms. The van der Waals surface area contributed by atoms with Crippen molar-refractivity contribution in [3.8, 4) is 0 Å². The van der Waals surface area contributed by atoms with Crippen molar-refractivity contribution in [1.82, 2.24) is 15.2 Å². The molecule has 1 heterocycles. The maximum Gasteiger partial charge on any atom is 0.410 e. The lowest BCUT2D eigenvalue weighted by molar-refractivity contribution is -0.122. The van der Waals surface area contributed by atoms with Crippen molar-refractivity contribution in [3.05, 3.63) is 64.4 Å². The van der Waals surface area contributed by atoms with Gasteiger partial charge in [-0.05, 0) is 47.5 Å². The average molecular weight is 420 g/mol. The molecule has 0 fully saturated rings. The third-order valence-electron chi connectivity index (χ3n) is 3.37. The number of rotatable bonds is 7. The molecule has 0 aliphatic carbocycles. The number of carbonyl (C=O) groups is 2. The predicted molar refractivity (Wildman–Crippen MR) is 102 cm³/mol. The maximum absolute atomic E-state index is 12.5. The quantitative estimate of drug-likeness (QED) is 0.696. The van der Waals surface area contributed by atoms with Crippen molar-refractivity contribution >= 4 is 27.9 Å². The Bertz CT molecular complexity index is 738. The minimum absolute atomic E-state index is 0.00585. The first-order chi connectivity index (χ1) is 12.4. The van der Waals surface area contributed by atoms with Crippen molar-refractivity contribution in [1.29, 1.82) is 0 Å². The second-order valence-electron chi connectivity index (χ2n) is 6.07. The smallest absolute Gasteiger partial charge is 0.410 e. The second-order valence-corrected chi connectivity index (χ2v) is 6.88. The summed E-state index contributed by atoms with van der Waals surface area (Å²) in [4.78, 5) is 30.3. The van der Waals surface area contributed by atoms with Crippen LogP contribution in [0.15, 0.2) is 53.1 Å². The number of amides is 2. The highest BCUT2D eigenvalue weighted by Crippen LogP contribution is 2.10. The minimum atomic E-state index is -0.561. The van der Waals surface area contributed by atoms with Gasteiger partial charge in [-0.1, -0.05) is 36.4 Å². The van der Waals surface area contributed by atoms with Gasteiger partial charge in [0.2, 0.25) is 5.91 Å². The molecule has 0 atom stereocenters. The number of pyridine rings is 1. The molecule has 1 aromatic carbocycles. The summed E-state index contributed by atoms with van der Waals surface area (Å²) < 4.78 is 6.03. The molecule has 0 spiro atoms. The Balaban J connectivity index is 2.05. The Morgan fingerprint density at radius 1 is 1.15 bits per heavy atom. The van der Waals surface area contributed by atoms with Crippen LogP contribution in [-0.2, 0) is 22.7 Å². The number of hydrogen-bond donors (Lipinski definition) is 1. The highest BCUT2D eigenvalue weighted by molar-refractivity contribution is 9.10. The first-order valence-corrected chi connectivity index (χ1v) is 9.10. The lowest BCUT2D eigenvalue weighted by Crippen LogP contribution is -2.42. The number of nitrogens with one attached hydrogen (secondary N) is 1. The summed E-state index contributed by atoms with van der Waals surface area (Å²) in [7, 11) is 0. The highest BCUT2D eigenvalue weighted by atomic mass is 79.9. The van der Waals surface area contributed by atoms with E-state index >= 15 is 0 Å². The van der Waals surface area contributed by atoms with Gasteiger partial charge in [-0.2, -0.15) is 0 Å². The summed E-state index contributed by atoms with van der Waals surface area (Å²) >= 11 is 3.31. The van der Waals surface area contributed by atoms with Crippen LogP contribution in [0.2, 0.25) is 0 Å². The molecule has 1 aromatic heterocycles. The maximum atomic E-state index is 12.5. The van der Waals surface area contributed by atoms with E-state index in [4.69, 9.17) is 4.74 Å². The highest BCUT2D eigenvalue weighted by Gasteiger charge is 2.20. The molecule has 0 radical (unpaired) electrons. The average Bonchev–Trinajstić information content (AvgIpc) is 2.59. The van der Waals surface area contributed by atoms with Crippen molar-refractivity contribution < 1.29 is 14.3 Å². The van der Waals surface area contributed by atoms with Gasteiger partial charge in [0.05, 0.1) is 12.2 Å². The van der Waals surface area contributed by atoms with Crippen molar-refractivity contribution in [3.63, 3.8) is 0 Å². The van der Waals surface area contributed by atoms with E-state index in [0.29, 0.717) is 10.3 Å². The van der Waals surface area contributed by atoms with Crippen molar-refractivity contribution in [2.24, 2.45) is 0 Å². The molecule has 138 valence electrons. The van der Waals surface area contributed by atoms with E-state index in [0.717, 1.165) is 5.56 Å². The summed E-state index contributed by atoms with van der Waals surface area (Å²) in [6.45, 7) is 3.96. The fourth-order valence-electron chi connectivity index (χ4n) is 2.27. The Kier molecular flexibility index (Phi) is 7.59. The van der Waals surface area contributed by atoms with Gasteiger partial charge in [0.25, 0.3) is 0 Å². The van der Waals surface area contributed by atoms with Crippen LogP contribution in [-0.4, -0.2) is 34.5 Å². The van der Waals surface area contributed by atoms with Crippen LogP contribution in [0.4, 0.5) is 4.79 Å². The van der Waals surface area contributed by atoms with Crippen LogP contribution >= 0.6 is 15.9 Å². The molecule has 0 unspecified atom stereocenters. The largest absolute Gasteiger partial charge is 0.445 e. The number of aromatic nitrogens is 1. The van der Waals surface area contributed by atoms with Crippen LogP contribution in [0.3, 0.4) is 0 Å². The van der Waals surface area contributed by atoms with E-state index in [-0.39, 0.29) is 31.6 Å². The summed E-state index contributed by atoms with van der Waals surface area (Å²) in [6.07, 6.45) is -0.561. The molecule has 7 heteroatoms. The third kappa shape index (κ3) is 6.84. The van der Waals surface area contributed by atoms with Crippen LogP contribution in [0.1, 0.15) is 25.1 Å². The van der Waals surface area contributed by atoms with E-state index in [1.54, 1.807) is 12.1 Å². The van der Waals surface area contributed by atoms with Crippen molar-refractivity contribution in [2.75, 3.05) is 6.54 Å². The van der Waals surface area contributed by atoms with Crippen LogP contribution in [0.5, 0.6) is 0 Å². The third-order valence-corrected chi connectivity index (χ3v) is 3.81. The summed E-state index contributed by atoms with van der Waals surface area (Å²) in [6, 6.07) is 14.8. The van der Waals surface area contributed by atoms with Crippen molar-refractivity contribution in [2.45, 2.75) is 33.0 Å². The molecule has 0 aliphatic rings. The minimum Gasteiger partial charge on any atom is -0.445 e. The van der Waals surface area contributed by atoms with Gasteiger partial charge in [-0.25, -0.2) is 9.78 Å². The van der Waals surface area contributed by atoms with Gasteiger partial charge in [0.15, 0.2) is 0 Å². The Hall–Kier alpha value is -2.41. The molecule has 0 saturated carbocycles. The van der Waals surface area contributed by atoms with Gasteiger partial charge in [-0.15, -0.1) is 0 Å². The molecule has 2 rings (SSSR count). The SMILES string of the molecule is CC(C)NC(=O)CN(Cc1cccc(Br)n1)C(=O)OCc1ccccc1.